The number of halogens is 2. The number of hydrogen-bond acceptors (Lipinski definition) is 6. The number of aromatic nitrogens is 5. The van der Waals surface area contributed by atoms with E-state index >= 15 is 0 Å². The molecule has 0 aromatic carbocycles. The molecule has 1 saturated carbocycles. The second-order valence-corrected chi connectivity index (χ2v) is 10.8. The smallest absolute Gasteiger partial charge is 0.213 e. The first kappa shape index (κ1) is 32.1. The van der Waals surface area contributed by atoms with Crippen LogP contribution in [-0.4, -0.2) is 37.5 Å². The predicted molar refractivity (Wildman–Crippen MR) is 163 cm³/mol. The Hall–Kier alpha value is -3.39. The highest BCUT2D eigenvalue weighted by molar-refractivity contribution is 5.85. The van der Waals surface area contributed by atoms with Gasteiger partial charge in [-0.3, -0.25) is 9.97 Å². The molecular formula is C33H44F2N6. The fraction of sp³-hybridized carbons (Fsp3) is 0.485. The van der Waals surface area contributed by atoms with Crippen LogP contribution in [0, 0.1) is 38.5 Å². The van der Waals surface area contributed by atoms with Gasteiger partial charge < -0.3 is 5.32 Å². The van der Waals surface area contributed by atoms with Gasteiger partial charge in [-0.2, -0.15) is 4.39 Å². The van der Waals surface area contributed by atoms with Crippen LogP contribution in [0.1, 0.15) is 88.4 Å². The number of nitrogens with zero attached hydrogens (tertiary/aromatic N) is 5. The predicted octanol–water partition coefficient (Wildman–Crippen LogP) is 8.06. The van der Waals surface area contributed by atoms with Crippen LogP contribution in [0.2, 0.25) is 0 Å². The van der Waals surface area contributed by atoms with E-state index in [1.165, 1.54) is 56.5 Å². The molecule has 2 unspecified atom stereocenters. The Labute approximate surface area is 243 Å². The molecule has 1 aliphatic heterocycles. The standard InChI is InChI=1S/C18H18N4.C7H15N.C6H5F2N.C2H6/c1-11-8-14(6-7-20-11)18-21-12(2)17-15(13-4-3-5-13)9-19-10-16(17)22-18;1-6-3-4-8-7(2)5-6;1-4-5(7)2-3-6(8)9-4;1-2/h6-10,13H,3-5H2,1-2H3;6-8H,3-5H2,1-2H3;2-3H,1H3;1-2H3. The molecule has 1 aliphatic carbocycles. The van der Waals surface area contributed by atoms with Gasteiger partial charge in [0.1, 0.15) is 5.82 Å². The topological polar surface area (TPSA) is 76.5 Å². The quantitative estimate of drug-likeness (QED) is 0.249. The van der Waals surface area contributed by atoms with Crippen molar-refractivity contribution in [3.8, 4) is 11.4 Å². The highest BCUT2D eigenvalue weighted by Crippen LogP contribution is 2.39. The average Bonchev–Trinajstić information content (AvgIpc) is 2.92. The minimum absolute atomic E-state index is 0.0926. The summed E-state index contributed by atoms with van der Waals surface area (Å²) in [5.41, 5.74) is 5.38. The molecule has 8 heteroatoms. The fourth-order valence-corrected chi connectivity index (χ4v) is 5.03. The summed E-state index contributed by atoms with van der Waals surface area (Å²) in [4.78, 5) is 21.4. The van der Waals surface area contributed by atoms with Gasteiger partial charge in [-0.05, 0) is 102 Å². The molecule has 4 aromatic rings. The molecule has 6 nitrogen and oxygen atoms in total. The average molecular weight is 563 g/mol. The molecule has 2 atom stereocenters. The fourth-order valence-electron chi connectivity index (χ4n) is 5.03. The van der Waals surface area contributed by atoms with Crippen molar-refractivity contribution >= 4 is 10.9 Å². The van der Waals surface area contributed by atoms with Crippen LogP contribution in [0.15, 0.2) is 42.9 Å². The summed E-state index contributed by atoms with van der Waals surface area (Å²) < 4.78 is 24.3. The zero-order valence-electron chi connectivity index (χ0n) is 25.5. The number of pyridine rings is 3. The molecule has 1 saturated heterocycles. The van der Waals surface area contributed by atoms with Gasteiger partial charge >= 0.3 is 0 Å². The van der Waals surface area contributed by atoms with Crippen molar-refractivity contribution in [1.82, 2.24) is 30.2 Å². The third-order valence-corrected chi connectivity index (χ3v) is 7.39. The van der Waals surface area contributed by atoms with Gasteiger partial charge in [0.05, 0.1) is 17.4 Å². The molecule has 4 aromatic heterocycles. The highest BCUT2D eigenvalue weighted by atomic mass is 19.1. The van der Waals surface area contributed by atoms with Crippen molar-refractivity contribution in [3.05, 3.63) is 77.3 Å². The molecule has 0 radical (unpaired) electrons. The van der Waals surface area contributed by atoms with E-state index in [1.807, 2.05) is 45.3 Å². The monoisotopic (exact) mass is 562 g/mol. The second kappa shape index (κ2) is 15.6. The second-order valence-electron chi connectivity index (χ2n) is 10.8. The van der Waals surface area contributed by atoms with Crippen LogP contribution in [0.3, 0.4) is 0 Å². The minimum atomic E-state index is -0.645. The number of rotatable bonds is 2. The van der Waals surface area contributed by atoms with Crippen LogP contribution >= 0.6 is 0 Å². The number of piperidine rings is 1. The lowest BCUT2D eigenvalue weighted by atomic mass is 9.79. The first-order valence-corrected chi connectivity index (χ1v) is 14.8. The maximum atomic E-state index is 12.3. The van der Waals surface area contributed by atoms with Crippen LogP contribution in [0.4, 0.5) is 8.78 Å². The van der Waals surface area contributed by atoms with Crippen LogP contribution < -0.4 is 5.32 Å². The van der Waals surface area contributed by atoms with Crippen LogP contribution in [0.25, 0.3) is 22.3 Å². The van der Waals surface area contributed by atoms with Crippen LogP contribution in [-0.2, 0) is 0 Å². The minimum Gasteiger partial charge on any atom is -0.314 e. The van der Waals surface area contributed by atoms with Gasteiger partial charge in [-0.25, -0.2) is 19.3 Å². The molecule has 0 bridgehead atoms. The summed E-state index contributed by atoms with van der Waals surface area (Å²) >= 11 is 0. The van der Waals surface area contributed by atoms with E-state index in [0.29, 0.717) is 5.92 Å². The third-order valence-electron chi connectivity index (χ3n) is 7.39. The van der Waals surface area contributed by atoms with Gasteiger partial charge in [0, 0.05) is 40.8 Å². The Kier molecular flexibility index (Phi) is 12.2. The van der Waals surface area contributed by atoms with E-state index in [1.54, 1.807) is 6.20 Å². The zero-order valence-corrected chi connectivity index (χ0v) is 25.5. The van der Waals surface area contributed by atoms with Crippen molar-refractivity contribution in [1.29, 1.82) is 0 Å². The van der Waals surface area contributed by atoms with Crippen molar-refractivity contribution in [2.24, 2.45) is 5.92 Å². The Balaban J connectivity index is 0.000000200. The van der Waals surface area contributed by atoms with E-state index in [9.17, 15) is 8.78 Å². The maximum Gasteiger partial charge on any atom is 0.213 e. The van der Waals surface area contributed by atoms with E-state index in [2.05, 4.69) is 41.0 Å². The Morgan fingerprint density at radius 3 is 2.20 bits per heavy atom. The summed E-state index contributed by atoms with van der Waals surface area (Å²) in [5, 5.41) is 4.60. The van der Waals surface area contributed by atoms with Gasteiger partial charge in [-0.1, -0.05) is 27.2 Å². The summed E-state index contributed by atoms with van der Waals surface area (Å²) in [6.45, 7) is 15.3. The summed E-state index contributed by atoms with van der Waals surface area (Å²) in [5.74, 6) is 1.21. The summed E-state index contributed by atoms with van der Waals surface area (Å²) in [6.07, 6.45) is 12.2. The van der Waals surface area contributed by atoms with Crippen LogP contribution in [0.5, 0.6) is 0 Å². The molecule has 2 aliphatic rings. The largest absolute Gasteiger partial charge is 0.314 e. The van der Waals surface area contributed by atoms with Gasteiger partial charge in [0.25, 0.3) is 0 Å². The Morgan fingerprint density at radius 2 is 1.63 bits per heavy atom. The lowest BCUT2D eigenvalue weighted by Crippen LogP contribution is -2.34. The number of hydrogen-bond donors (Lipinski definition) is 1. The summed E-state index contributed by atoms with van der Waals surface area (Å²) in [7, 11) is 0. The van der Waals surface area contributed by atoms with Gasteiger partial charge in [0.15, 0.2) is 5.82 Å². The van der Waals surface area contributed by atoms with E-state index in [-0.39, 0.29) is 5.69 Å². The van der Waals surface area contributed by atoms with E-state index < -0.39 is 11.8 Å². The molecule has 1 N–H and O–H groups in total. The molecule has 41 heavy (non-hydrogen) atoms. The number of aryl methyl sites for hydroxylation is 3. The molecule has 5 heterocycles. The van der Waals surface area contributed by atoms with Crippen molar-refractivity contribution in [3.63, 3.8) is 0 Å². The lowest BCUT2D eigenvalue weighted by Gasteiger charge is -2.26. The van der Waals surface area contributed by atoms with Gasteiger partial charge in [0.2, 0.25) is 5.95 Å². The lowest BCUT2D eigenvalue weighted by molar-refractivity contribution is 0.336. The normalized spacial score (nSPS) is 18.1. The molecular weight excluding hydrogens is 518 g/mol. The highest BCUT2D eigenvalue weighted by Gasteiger charge is 2.23. The molecule has 2 fully saturated rings. The van der Waals surface area contributed by atoms with Gasteiger partial charge in [-0.15, -0.1) is 0 Å². The van der Waals surface area contributed by atoms with Crippen molar-refractivity contribution in [2.45, 2.75) is 92.5 Å². The Bertz CT molecular complexity index is 1400. The zero-order chi connectivity index (χ0) is 29.9. The molecule has 6 rings (SSSR count). The van der Waals surface area contributed by atoms with E-state index in [4.69, 9.17) is 9.97 Å². The molecule has 0 amide bonds. The Morgan fingerprint density at radius 1 is 0.878 bits per heavy atom. The summed E-state index contributed by atoms with van der Waals surface area (Å²) in [6, 6.07) is 6.78. The van der Waals surface area contributed by atoms with E-state index in [0.717, 1.165) is 52.4 Å². The van der Waals surface area contributed by atoms with Crippen molar-refractivity contribution < 1.29 is 8.78 Å². The SMILES string of the molecule is CC.CC1CCNC(C)C1.Cc1cc(-c2nc(C)c3c(C4CCC4)cncc3n2)ccn1.Cc1nc(F)ccc1F. The third kappa shape index (κ3) is 9.05. The number of nitrogens with one attached hydrogen (secondary N) is 1. The number of fused-ring (bicyclic) bond motifs is 1. The van der Waals surface area contributed by atoms with Crippen molar-refractivity contribution in [2.75, 3.05) is 6.54 Å². The first-order valence-electron chi connectivity index (χ1n) is 14.8. The maximum absolute atomic E-state index is 12.3. The molecule has 0 spiro atoms. The molecule has 220 valence electrons. The first-order chi connectivity index (χ1) is 19.7.